The largest absolute Gasteiger partial charge is 0.492 e. The molecule has 0 saturated carbocycles. The molecule has 0 spiro atoms. The molecule has 1 fully saturated rings. The molecule has 3 rings (SSSR count). The molecule has 1 aliphatic rings. The van der Waals surface area contributed by atoms with E-state index in [0.717, 1.165) is 18.2 Å². The second-order valence-electron chi connectivity index (χ2n) is 5.40. The van der Waals surface area contributed by atoms with Gasteiger partial charge < -0.3 is 9.64 Å². The van der Waals surface area contributed by atoms with Crippen LogP contribution in [0.25, 0.3) is 0 Å². The van der Waals surface area contributed by atoms with Crippen molar-refractivity contribution in [1.29, 1.82) is 0 Å². The molecule has 0 bridgehead atoms. The third-order valence-electron chi connectivity index (χ3n) is 3.89. The van der Waals surface area contributed by atoms with Crippen LogP contribution in [0.5, 0.6) is 5.75 Å². The Balaban J connectivity index is 1.60. The van der Waals surface area contributed by atoms with E-state index in [1.54, 1.807) is 0 Å². The minimum absolute atomic E-state index is 0.499. The van der Waals surface area contributed by atoms with Gasteiger partial charge in [-0.15, -0.1) is 0 Å². The van der Waals surface area contributed by atoms with Gasteiger partial charge in [-0.05, 0) is 48.7 Å². The molecule has 0 amide bonds. The van der Waals surface area contributed by atoms with Crippen molar-refractivity contribution in [3.05, 3.63) is 30.3 Å². The van der Waals surface area contributed by atoms with Crippen molar-refractivity contribution in [2.24, 2.45) is 0 Å². The lowest BCUT2D eigenvalue weighted by molar-refractivity contribution is 0.289. The highest BCUT2D eigenvalue weighted by Crippen LogP contribution is 2.21. The summed E-state index contributed by atoms with van der Waals surface area (Å²) in [5, 5.41) is 12.1. The topological polar surface area (TPSA) is 56.1 Å². The number of hydrogen-bond donors (Lipinski definition) is 0. The summed E-state index contributed by atoms with van der Waals surface area (Å²) >= 11 is 0. The van der Waals surface area contributed by atoms with Gasteiger partial charge in [-0.3, -0.25) is 0 Å². The molecule has 0 radical (unpaired) electrons. The number of anilines is 1. The van der Waals surface area contributed by atoms with Crippen LogP contribution in [0.3, 0.4) is 0 Å². The zero-order valence-electron chi connectivity index (χ0n) is 12.4. The van der Waals surface area contributed by atoms with Crippen LogP contribution in [0.4, 0.5) is 5.95 Å². The van der Waals surface area contributed by atoms with E-state index in [-0.39, 0.29) is 0 Å². The number of hydrogen-bond acceptors (Lipinski definition) is 5. The fraction of sp³-hybridized carbons (Fsp3) is 0.533. The van der Waals surface area contributed by atoms with Crippen molar-refractivity contribution in [1.82, 2.24) is 20.2 Å². The van der Waals surface area contributed by atoms with Crippen LogP contribution in [-0.2, 0) is 6.54 Å². The predicted molar refractivity (Wildman–Crippen MR) is 80.4 cm³/mol. The van der Waals surface area contributed by atoms with Crippen LogP contribution < -0.4 is 9.64 Å². The first-order valence-corrected chi connectivity index (χ1v) is 7.55. The molecule has 6 nitrogen and oxygen atoms in total. The number of nitrogens with zero attached hydrogens (tertiary/aromatic N) is 5. The highest BCUT2D eigenvalue weighted by Gasteiger charge is 2.23. The van der Waals surface area contributed by atoms with E-state index in [9.17, 15) is 0 Å². The first-order chi connectivity index (χ1) is 10.3. The Morgan fingerprint density at radius 1 is 1.24 bits per heavy atom. The highest BCUT2D eigenvalue weighted by atomic mass is 16.5. The van der Waals surface area contributed by atoms with Crippen LogP contribution >= 0.6 is 0 Å². The fourth-order valence-corrected chi connectivity index (χ4v) is 2.71. The van der Waals surface area contributed by atoms with E-state index in [0.29, 0.717) is 19.2 Å². The minimum Gasteiger partial charge on any atom is -0.492 e. The quantitative estimate of drug-likeness (QED) is 0.843. The molecular weight excluding hydrogens is 266 g/mol. The molecule has 1 unspecified atom stereocenters. The molecule has 2 aromatic rings. The average Bonchev–Trinajstić information content (AvgIpc) is 2.97. The normalized spacial score (nSPS) is 18.7. The van der Waals surface area contributed by atoms with Crippen LogP contribution in [0, 0.1) is 0 Å². The van der Waals surface area contributed by atoms with Gasteiger partial charge in [0.05, 0.1) is 6.54 Å². The van der Waals surface area contributed by atoms with E-state index in [1.165, 1.54) is 19.3 Å². The molecule has 1 aromatic heterocycles. The third-order valence-corrected chi connectivity index (χ3v) is 3.89. The summed E-state index contributed by atoms with van der Waals surface area (Å²) in [5.41, 5.74) is 0. The molecule has 2 heterocycles. The van der Waals surface area contributed by atoms with Gasteiger partial charge in [0, 0.05) is 12.6 Å². The molecule has 1 saturated heterocycles. The summed E-state index contributed by atoms with van der Waals surface area (Å²) in [6.07, 6.45) is 3.70. The van der Waals surface area contributed by atoms with Gasteiger partial charge in [-0.2, -0.15) is 0 Å². The second kappa shape index (κ2) is 6.56. The van der Waals surface area contributed by atoms with Crippen LogP contribution in [0.1, 0.15) is 26.2 Å². The van der Waals surface area contributed by atoms with E-state index in [2.05, 4.69) is 27.3 Å². The zero-order chi connectivity index (χ0) is 14.5. The average molecular weight is 287 g/mol. The first-order valence-electron chi connectivity index (χ1n) is 7.55. The molecule has 1 aromatic carbocycles. The number of aromatic nitrogens is 4. The Bertz CT molecular complexity index is 556. The summed E-state index contributed by atoms with van der Waals surface area (Å²) < 4.78 is 7.55. The highest BCUT2D eigenvalue weighted by molar-refractivity contribution is 5.30. The number of tetrazole rings is 1. The number of benzene rings is 1. The van der Waals surface area contributed by atoms with Crippen molar-refractivity contribution in [3.8, 4) is 5.75 Å². The number of piperidine rings is 1. The Labute approximate surface area is 124 Å². The monoisotopic (exact) mass is 287 g/mol. The summed E-state index contributed by atoms with van der Waals surface area (Å²) in [6, 6.07) is 10.3. The number of rotatable bonds is 5. The van der Waals surface area contributed by atoms with Crippen molar-refractivity contribution < 1.29 is 4.74 Å². The van der Waals surface area contributed by atoms with Gasteiger partial charge in [-0.25, -0.2) is 4.68 Å². The lowest BCUT2D eigenvalue weighted by atomic mass is 10.0. The van der Waals surface area contributed by atoms with Gasteiger partial charge in [0.25, 0.3) is 0 Å². The Hall–Kier alpha value is -2.11. The SMILES string of the molecule is CC1CCCCN1c1nnnn1CCOc1ccccc1. The molecule has 1 atom stereocenters. The third kappa shape index (κ3) is 3.32. The summed E-state index contributed by atoms with van der Waals surface area (Å²) in [7, 11) is 0. The van der Waals surface area contributed by atoms with E-state index in [1.807, 2.05) is 35.0 Å². The van der Waals surface area contributed by atoms with E-state index in [4.69, 9.17) is 4.74 Å². The Morgan fingerprint density at radius 3 is 2.90 bits per heavy atom. The minimum atomic E-state index is 0.499. The number of para-hydroxylation sites is 1. The van der Waals surface area contributed by atoms with Crippen LogP contribution in [0.2, 0.25) is 0 Å². The van der Waals surface area contributed by atoms with E-state index >= 15 is 0 Å². The maximum absolute atomic E-state index is 5.71. The summed E-state index contributed by atoms with van der Waals surface area (Å²) in [6.45, 7) is 4.48. The molecule has 112 valence electrons. The maximum Gasteiger partial charge on any atom is 0.245 e. The summed E-state index contributed by atoms with van der Waals surface area (Å²) in [5.74, 6) is 1.73. The molecular formula is C15H21N5O. The van der Waals surface area contributed by atoms with Crippen molar-refractivity contribution >= 4 is 5.95 Å². The Morgan fingerprint density at radius 2 is 2.10 bits per heavy atom. The van der Waals surface area contributed by atoms with E-state index < -0.39 is 0 Å². The van der Waals surface area contributed by atoms with Crippen molar-refractivity contribution in [2.45, 2.75) is 38.8 Å². The fourth-order valence-electron chi connectivity index (χ4n) is 2.71. The standard InChI is InChI=1S/C15H21N5O/c1-13-7-5-6-10-19(13)15-16-17-18-20(15)11-12-21-14-8-3-2-4-9-14/h2-4,8-9,13H,5-7,10-12H2,1H3. The van der Waals surface area contributed by atoms with Gasteiger partial charge >= 0.3 is 0 Å². The van der Waals surface area contributed by atoms with Gasteiger partial charge in [0.15, 0.2) is 0 Å². The smallest absolute Gasteiger partial charge is 0.245 e. The zero-order valence-corrected chi connectivity index (χ0v) is 12.4. The molecule has 0 aliphatic carbocycles. The molecule has 6 heteroatoms. The first kappa shape index (κ1) is 13.9. The van der Waals surface area contributed by atoms with Crippen molar-refractivity contribution in [2.75, 3.05) is 18.1 Å². The van der Waals surface area contributed by atoms with Gasteiger partial charge in [0.1, 0.15) is 12.4 Å². The van der Waals surface area contributed by atoms with Crippen LogP contribution in [0.15, 0.2) is 30.3 Å². The molecule has 21 heavy (non-hydrogen) atoms. The van der Waals surface area contributed by atoms with Crippen LogP contribution in [-0.4, -0.2) is 39.4 Å². The van der Waals surface area contributed by atoms with Gasteiger partial charge in [0.2, 0.25) is 5.95 Å². The lowest BCUT2D eigenvalue weighted by Gasteiger charge is -2.33. The van der Waals surface area contributed by atoms with Gasteiger partial charge in [-0.1, -0.05) is 23.3 Å². The molecule has 0 N–H and O–H groups in total. The lowest BCUT2D eigenvalue weighted by Crippen LogP contribution is -2.39. The predicted octanol–water partition coefficient (Wildman–Crippen LogP) is 2.13. The van der Waals surface area contributed by atoms with Crippen molar-refractivity contribution in [3.63, 3.8) is 0 Å². The molecule has 1 aliphatic heterocycles. The Kier molecular flexibility index (Phi) is 4.33. The number of ether oxygens (including phenoxy) is 1. The second-order valence-corrected chi connectivity index (χ2v) is 5.40. The maximum atomic E-state index is 5.71. The summed E-state index contributed by atoms with van der Waals surface area (Å²) in [4.78, 5) is 2.30.